The van der Waals surface area contributed by atoms with Crippen LogP contribution < -0.4 is 19.4 Å². The van der Waals surface area contributed by atoms with Crippen LogP contribution in [0.3, 0.4) is 0 Å². The molecule has 6 rings (SSSR count). The van der Waals surface area contributed by atoms with Gasteiger partial charge in [0.2, 0.25) is 5.91 Å². The van der Waals surface area contributed by atoms with E-state index in [1.165, 1.54) is 24.3 Å². The van der Waals surface area contributed by atoms with Gasteiger partial charge in [0.05, 0.1) is 28.9 Å². The van der Waals surface area contributed by atoms with Crippen LogP contribution in [0.5, 0.6) is 11.5 Å². The number of ether oxygens (including phenoxy) is 2. The molecular formula is C32H27N3O7. The number of hydrogen-bond acceptors (Lipinski definition) is 8. The minimum Gasteiger partial charge on any atom is -0.490 e. The fourth-order valence-electron chi connectivity index (χ4n) is 5.36. The molecule has 0 aliphatic carbocycles. The fourth-order valence-corrected chi connectivity index (χ4v) is 5.36. The third-order valence-electron chi connectivity index (χ3n) is 7.29. The van der Waals surface area contributed by atoms with Crippen molar-refractivity contribution in [1.29, 1.82) is 0 Å². The van der Waals surface area contributed by atoms with E-state index in [1.54, 1.807) is 11.1 Å². The minimum atomic E-state index is -1.08. The number of imide groups is 1. The normalized spacial score (nSPS) is 19.6. The average Bonchev–Trinajstić information content (AvgIpc) is 3.53. The summed E-state index contributed by atoms with van der Waals surface area (Å²) in [7, 11) is 0. The van der Waals surface area contributed by atoms with Crippen molar-refractivity contribution in [2.75, 3.05) is 16.6 Å². The fraction of sp³-hybridized carbons (Fsp3) is 0.188. The first-order valence-electron chi connectivity index (χ1n) is 13.5. The summed E-state index contributed by atoms with van der Waals surface area (Å²) >= 11 is 0. The van der Waals surface area contributed by atoms with E-state index in [9.17, 15) is 19.7 Å². The number of amides is 2. The summed E-state index contributed by atoms with van der Waals surface area (Å²) in [5.74, 6) is -0.808. The lowest BCUT2D eigenvalue weighted by Crippen LogP contribution is -2.37. The van der Waals surface area contributed by atoms with Gasteiger partial charge < -0.3 is 9.47 Å². The van der Waals surface area contributed by atoms with Crippen molar-refractivity contribution in [1.82, 2.24) is 0 Å². The Kier molecular flexibility index (Phi) is 7.28. The second kappa shape index (κ2) is 11.3. The number of carbonyl (C=O) groups excluding carboxylic acids is 2. The molecule has 2 aliphatic heterocycles. The number of anilines is 2. The summed E-state index contributed by atoms with van der Waals surface area (Å²) < 4.78 is 12.0. The van der Waals surface area contributed by atoms with Gasteiger partial charge in [-0.15, -0.1) is 0 Å². The van der Waals surface area contributed by atoms with Gasteiger partial charge in [-0.1, -0.05) is 54.6 Å². The van der Waals surface area contributed by atoms with Gasteiger partial charge in [0.1, 0.15) is 12.5 Å². The highest BCUT2D eigenvalue weighted by atomic mass is 16.7. The van der Waals surface area contributed by atoms with Crippen molar-refractivity contribution < 1.29 is 28.8 Å². The summed E-state index contributed by atoms with van der Waals surface area (Å²) in [5.41, 5.74) is 2.50. The van der Waals surface area contributed by atoms with E-state index in [4.69, 9.17) is 14.3 Å². The number of carbonyl (C=O) groups is 2. The smallest absolute Gasteiger partial charge is 0.269 e. The lowest BCUT2D eigenvalue weighted by Gasteiger charge is -2.29. The molecule has 10 heteroatoms. The predicted octanol–water partition coefficient (Wildman–Crippen LogP) is 5.62. The number of benzene rings is 4. The predicted molar refractivity (Wildman–Crippen MR) is 154 cm³/mol. The first-order chi connectivity index (χ1) is 20.5. The van der Waals surface area contributed by atoms with Crippen molar-refractivity contribution in [3.63, 3.8) is 0 Å². The van der Waals surface area contributed by atoms with Gasteiger partial charge in [-0.3, -0.25) is 24.5 Å². The van der Waals surface area contributed by atoms with E-state index in [1.807, 2.05) is 79.7 Å². The molecular weight excluding hydrogens is 538 g/mol. The Morgan fingerprint density at radius 1 is 0.810 bits per heavy atom. The lowest BCUT2D eigenvalue weighted by atomic mass is 9.90. The molecule has 2 fully saturated rings. The van der Waals surface area contributed by atoms with Gasteiger partial charge in [-0.2, -0.15) is 0 Å². The van der Waals surface area contributed by atoms with Gasteiger partial charge >= 0.3 is 0 Å². The zero-order chi connectivity index (χ0) is 29.2. The Labute approximate surface area is 241 Å². The number of rotatable bonds is 9. The monoisotopic (exact) mass is 565 g/mol. The highest BCUT2D eigenvalue weighted by Crippen LogP contribution is 2.48. The summed E-state index contributed by atoms with van der Waals surface area (Å²) in [4.78, 5) is 45.4. The molecule has 0 N–H and O–H groups in total. The Bertz CT molecular complexity index is 1610. The van der Waals surface area contributed by atoms with Crippen LogP contribution >= 0.6 is 0 Å². The van der Waals surface area contributed by atoms with Crippen LogP contribution in [0, 0.1) is 16.0 Å². The number of para-hydroxylation sites is 1. The Morgan fingerprint density at radius 3 is 2.17 bits per heavy atom. The van der Waals surface area contributed by atoms with E-state index in [0.29, 0.717) is 36.0 Å². The van der Waals surface area contributed by atoms with Crippen LogP contribution in [-0.4, -0.2) is 29.4 Å². The molecule has 10 nitrogen and oxygen atoms in total. The molecule has 0 bridgehead atoms. The van der Waals surface area contributed by atoms with Crippen molar-refractivity contribution in [3.05, 3.63) is 124 Å². The molecule has 0 unspecified atom stereocenters. The third kappa shape index (κ3) is 4.92. The second-order valence-corrected chi connectivity index (χ2v) is 9.86. The first-order valence-corrected chi connectivity index (χ1v) is 13.5. The number of fused-ring (bicyclic) bond motifs is 1. The number of hydroxylamine groups is 1. The van der Waals surface area contributed by atoms with Crippen LogP contribution in [0.2, 0.25) is 0 Å². The van der Waals surface area contributed by atoms with Crippen LogP contribution in [0.25, 0.3) is 0 Å². The number of non-ortho nitro benzene ring substituents is 1. The molecule has 3 atom stereocenters. The molecule has 2 amide bonds. The van der Waals surface area contributed by atoms with Crippen molar-refractivity contribution in [2.24, 2.45) is 5.92 Å². The van der Waals surface area contributed by atoms with Crippen molar-refractivity contribution in [3.8, 4) is 11.5 Å². The third-order valence-corrected chi connectivity index (χ3v) is 7.29. The Hall–Kier alpha value is -5.22. The largest absolute Gasteiger partial charge is 0.490 e. The topological polar surface area (TPSA) is 111 Å². The van der Waals surface area contributed by atoms with Crippen LogP contribution in [0.15, 0.2) is 103 Å². The molecule has 42 heavy (non-hydrogen) atoms. The highest BCUT2D eigenvalue weighted by molar-refractivity contribution is 6.24. The average molecular weight is 566 g/mol. The summed E-state index contributed by atoms with van der Waals surface area (Å²) in [6, 6.07) is 29.2. The van der Waals surface area contributed by atoms with E-state index >= 15 is 0 Å². The standard InChI is InChI=1S/C32H27N3O7/c1-2-40-27-19-22(13-18-26(27)41-20-21-9-5-3-6-10-21)29-28-30(42-34(29)24-11-7-4-8-12-24)32(37)33(31(28)36)23-14-16-25(17-15-23)35(38)39/h3-19,28-30H,2,20H2,1H3/t28-,29-,30-/m0/s1. The van der Waals surface area contributed by atoms with Crippen LogP contribution in [0.4, 0.5) is 17.1 Å². The number of hydrogen-bond donors (Lipinski definition) is 0. The molecule has 2 heterocycles. The van der Waals surface area contributed by atoms with Crippen molar-refractivity contribution in [2.45, 2.75) is 25.7 Å². The first kappa shape index (κ1) is 27.0. The molecule has 0 radical (unpaired) electrons. The summed E-state index contributed by atoms with van der Waals surface area (Å²) in [5, 5.41) is 12.7. The second-order valence-electron chi connectivity index (χ2n) is 9.86. The maximum Gasteiger partial charge on any atom is 0.269 e. The zero-order valence-corrected chi connectivity index (χ0v) is 22.7. The molecule has 2 aliphatic rings. The maximum absolute atomic E-state index is 13.9. The summed E-state index contributed by atoms with van der Waals surface area (Å²) in [6.07, 6.45) is -1.08. The number of nitrogens with zero attached hydrogens (tertiary/aromatic N) is 3. The van der Waals surface area contributed by atoms with Gasteiger partial charge in [0, 0.05) is 12.1 Å². The van der Waals surface area contributed by atoms with E-state index < -0.39 is 34.8 Å². The van der Waals surface area contributed by atoms with E-state index in [-0.39, 0.29) is 11.4 Å². The quantitative estimate of drug-likeness (QED) is 0.146. The maximum atomic E-state index is 13.9. The van der Waals surface area contributed by atoms with Crippen molar-refractivity contribution >= 4 is 28.9 Å². The van der Waals surface area contributed by atoms with Gasteiger partial charge in [0.15, 0.2) is 17.6 Å². The molecule has 0 aromatic heterocycles. The van der Waals surface area contributed by atoms with Gasteiger partial charge in [0.25, 0.3) is 11.6 Å². The molecule has 2 saturated heterocycles. The molecule has 4 aromatic rings. The SMILES string of the molecule is CCOc1cc([C@H]2[C@@H]3C(=O)N(c4ccc([N+](=O)[O-])cc4)C(=O)[C@H]3ON2c2ccccc2)ccc1OCc1ccccc1. The van der Waals surface area contributed by atoms with Crippen LogP contribution in [0.1, 0.15) is 24.1 Å². The molecule has 4 aromatic carbocycles. The minimum absolute atomic E-state index is 0.138. The zero-order valence-electron chi connectivity index (χ0n) is 22.7. The van der Waals surface area contributed by atoms with E-state index in [0.717, 1.165) is 10.5 Å². The van der Waals surface area contributed by atoms with Gasteiger partial charge in [-0.05, 0) is 54.4 Å². The molecule has 0 saturated carbocycles. The van der Waals surface area contributed by atoms with Gasteiger partial charge in [-0.25, -0.2) is 9.96 Å². The van der Waals surface area contributed by atoms with E-state index in [2.05, 4.69) is 0 Å². The molecule has 0 spiro atoms. The highest BCUT2D eigenvalue weighted by Gasteiger charge is 2.60. The Balaban J connectivity index is 1.36. The molecule has 212 valence electrons. The lowest BCUT2D eigenvalue weighted by molar-refractivity contribution is -0.384. The number of nitro groups is 1. The van der Waals surface area contributed by atoms with Crippen LogP contribution in [-0.2, 0) is 21.0 Å². The number of nitro benzene ring substituents is 1. The Morgan fingerprint density at radius 2 is 1.50 bits per heavy atom. The summed E-state index contributed by atoms with van der Waals surface area (Å²) in [6.45, 7) is 2.62.